The van der Waals surface area contributed by atoms with Gasteiger partial charge in [0.25, 0.3) is 5.56 Å². The van der Waals surface area contributed by atoms with Crippen LogP contribution in [-0.2, 0) is 4.79 Å². The molecule has 2 aliphatic rings. The molecule has 4 rings (SSSR count). The van der Waals surface area contributed by atoms with Crippen LogP contribution in [0.4, 0.5) is 5.82 Å². The Balaban J connectivity index is 0.00000306. The van der Waals surface area contributed by atoms with Crippen LogP contribution >= 0.6 is 24.2 Å². The molecule has 1 aromatic heterocycles. The maximum Gasteiger partial charge on any atom is 0.257 e. The minimum absolute atomic E-state index is 0. The molecule has 0 bridgehead atoms. The number of para-hydroxylation sites is 1. The first kappa shape index (κ1) is 25.3. The van der Waals surface area contributed by atoms with Gasteiger partial charge >= 0.3 is 0 Å². The third-order valence-corrected chi connectivity index (χ3v) is 6.78. The van der Waals surface area contributed by atoms with Gasteiger partial charge in [-0.15, -0.1) is 12.4 Å². The van der Waals surface area contributed by atoms with E-state index in [9.17, 15) is 9.59 Å². The highest BCUT2D eigenvalue weighted by Crippen LogP contribution is 2.49. The lowest BCUT2D eigenvalue weighted by atomic mass is 9.69. The maximum atomic E-state index is 13.3. The lowest BCUT2D eigenvalue weighted by molar-refractivity contribution is -0.118. The van der Waals surface area contributed by atoms with Crippen molar-refractivity contribution in [3.8, 4) is 5.75 Å². The van der Waals surface area contributed by atoms with Crippen molar-refractivity contribution in [3.05, 3.63) is 57.0 Å². The van der Waals surface area contributed by atoms with Crippen molar-refractivity contribution in [2.45, 2.75) is 37.8 Å². The minimum atomic E-state index is -0.516. The van der Waals surface area contributed by atoms with Gasteiger partial charge in [-0.1, -0.05) is 43.8 Å². The van der Waals surface area contributed by atoms with Gasteiger partial charge in [0.2, 0.25) is 0 Å². The van der Waals surface area contributed by atoms with Crippen molar-refractivity contribution in [2.75, 3.05) is 38.8 Å². The second-order valence-corrected chi connectivity index (χ2v) is 10.5. The van der Waals surface area contributed by atoms with Crippen LogP contribution in [-0.4, -0.2) is 54.2 Å². The molecule has 2 heterocycles. The van der Waals surface area contributed by atoms with Gasteiger partial charge in [-0.2, -0.15) is 0 Å². The van der Waals surface area contributed by atoms with Crippen LogP contribution in [0.5, 0.6) is 5.75 Å². The van der Waals surface area contributed by atoms with Crippen LogP contribution in [0.3, 0.4) is 0 Å². The zero-order chi connectivity index (χ0) is 23.0. The normalized spacial score (nSPS) is 18.8. The third-order valence-electron chi connectivity index (χ3n) is 5.93. The molecule has 178 valence electrons. The molecule has 7 nitrogen and oxygen atoms in total. The standard InChI is InChI=1S/C24H30N4O3S.ClH/c1-24(2)12-15-19(16(29)13-24)18(14-8-6-7-9-17(14)31-5)20-21(25-15)26-23(27-22(20)30)32-11-10-28(3)4;/h6-9,18H,10-13H2,1-5H3,(H2,25,26,27,30);1H. The van der Waals surface area contributed by atoms with E-state index in [1.165, 1.54) is 11.8 Å². The van der Waals surface area contributed by atoms with Gasteiger partial charge in [-0.05, 0) is 32.0 Å². The molecule has 1 atom stereocenters. The topological polar surface area (TPSA) is 87.3 Å². The smallest absolute Gasteiger partial charge is 0.257 e. The predicted octanol–water partition coefficient (Wildman–Crippen LogP) is 4.05. The van der Waals surface area contributed by atoms with E-state index in [0.29, 0.717) is 34.3 Å². The SMILES string of the molecule is COc1ccccc1C1C2=C(CC(C)(C)CC2=O)Nc2nc(SCCN(C)C)[nH]c(=O)c21.Cl. The number of ketones is 1. The Morgan fingerprint density at radius 2 is 1.94 bits per heavy atom. The molecule has 33 heavy (non-hydrogen) atoms. The first-order valence-corrected chi connectivity index (χ1v) is 11.8. The van der Waals surface area contributed by atoms with Gasteiger partial charge in [-0.25, -0.2) is 4.98 Å². The number of aromatic amines is 1. The van der Waals surface area contributed by atoms with Crippen LogP contribution in [0, 0.1) is 5.41 Å². The summed E-state index contributed by atoms with van der Waals surface area (Å²) < 4.78 is 5.61. The fourth-order valence-corrected chi connectivity index (χ4v) is 5.47. The summed E-state index contributed by atoms with van der Waals surface area (Å²) in [6.45, 7) is 5.07. The largest absolute Gasteiger partial charge is 0.496 e. The number of carbonyl (C=O) groups is 1. The Morgan fingerprint density at radius 3 is 2.64 bits per heavy atom. The van der Waals surface area contributed by atoms with Crippen LogP contribution in [0.1, 0.15) is 43.7 Å². The van der Waals surface area contributed by atoms with E-state index >= 15 is 0 Å². The number of hydrogen-bond acceptors (Lipinski definition) is 7. The maximum absolute atomic E-state index is 13.3. The molecule has 9 heteroatoms. The molecule has 0 spiro atoms. The number of ether oxygens (including phenoxy) is 1. The molecule has 0 amide bonds. The number of hydrogen-bond donors (Lipinski definition) is 2. The van der Waals surface area contributed by atoms with Crippen molar-refractivity contribution < 1.29 is 9.53 Å². The molecule has 2 N–H and O–H groups in total. The number of anilines is 1. The Kier molecular flexibility index (Phi) is 7.61. The van der Waals surface area contributed by atoms with Crippen molar-refractivity contribution >= 4 is 35.8 Å². The van der Waals surface area contributed by atoms with E-state index < -0.39 is 5.92 Å². The zero-order valence-corrected chi connectivity index (χ0v) is 21.3. The first-order valence-electron chi connectivity index (χ1n) is 10.8. The lowest BCUT2D eigenvalue weighted by Gasteiger charge is -2.38. The number of nitrogens with one attached hydrogen (secondary N) is 2. The summed E-state index contributed by atoms with van der Waals surface area (Å²) in [4.78, 5) is 36.5. The fraction of sp³-hybridized carbons (Fsp3) is 0.458. The summed E-state index contributed by atoms with van der Waals surface area (Å²) in [5, 5.41) is 3.94. The van der Waals surface area contributed by atoms with Crippen molar-refractivity contribution in [1.29, 1.82) is 0 Å². The van der Waals surface area contributed by atoms with Crippen LogP contribution < -0.4 is 15.6 Å². The van der Waals surface area contributed by atoms with E-state index in [1.54, 1.807) is 7.11 Å². The summed E-state index contributed by atoms with van der Waals surface area (Å²) in [6, 6.07) is 7.58. The summed E-state index contributed by atoms with van der Waals surface area (Å²) >= 11 is 1.51. The predicted molar refractivity (Wildman–Crippen MR) is 135 cm³/mol. The Hall–Kier alpha value is -2.29. The van der Waals surface area contributed by atoms with Crippen molar-refractivity contribution in [1.82, 2.24) is 14.9 Å². The third kappa shape index (κ3) is 5.13. The number of Topliss-reactive ketones (excluding diaryl/α,β-unsaturated/α-hetero) is 1. The average Bonchev–Trinajstić information content (AvgIpc) is 2.71. The molecular formula is C24H31ClN4O3S. The highest BCUT2D eigenvalue weighted by atomic mass is 35.5. The zero-order valence-electron chi connectivity index (χ0n) is 19.7. The summed E-state index contributed by atoms with van der Waals surface area (Å²) in [6.07, 6.45) is 1.16. The van der Waals surface area contributed by atoms with E-state index in [2.05, 4.69) is 29.0 Å². The number of rotatable bonds is 6. The monoisotopic (exact) mass is 490 g/mol. The minimum Gasteiger partial charge on any atom is -0.496 e. The highest BCUT2D eigenvalue weighted by Gasteiger charge is 2.43. The van der Waals surface area contributed by atoms with Gasteiger partial charge in [-0.3, -0.25) is 9.59 Å². The number of benzene rings is 1. The second kappa shape index (κ2) is 9.91. The number of methoxy groups -OCH3 is 1. The molecule has 0 saturated carbocycles. The Labute approximate surface area is 204 Å². The average molecular weight is 491 g/mol. The van der Waals surface area contributed by atoms with Crippen LogP contribution in [0.2, 0.25) is 0 Å². The van der Waals surface area contributed by atoms with E-state index in [0.717, 1.165) is 30.0 Å². The second-order valence-electron chi connectivity index (χ2n) is 9.42. The van der Waals surface area contributed by atoms with Crippen molar-refractivity contribution in [3.63, 3.8) is 0 Å². The number of nitrogens with zero attached hydrogens (tertiary/aromatic N) is 2. The summed E-state index contributed by atoms with van der Waals surface area (Å²) in [5.74, 6) is 1.54. The molecule has 0 fully saturated rings. The number of H-pyrrole nitrogens is 1. The van der Waals surface area contributed by atoms with Gasteiger partial charge in [0.1, 0.15) is 11.6 Å². The molecule has 1 aliphatic heterocycles. The molecule has 2 aromatic rings. The number of allylic oxidation sites excluding steroid dienone is 2. The summed E-state index contributed by atoms with van der Waals surface area (Å²) in [7, 11) is 5.63. The van der Waals surface area contributed by atoms with Crippen molar-refractivity contribution in [2.24, 2.45) is 5.41 Å². The van der Waals surface area contributed by atoms with Gasteiger partial charge in [0.05, 0.1) is 18.6 Å². The molecule has 1 unspecified atom stereocenters. The van der Waals surface area contributed by atoms with E-state index in [4.69, 9.17) is 9.72 Å². The Bertz CT molecular complexity index is 1140. The van der Waals surface area contributed by atoms with Gasteiger partial charge in [0, 0.05) is 35.6 Å². The van der Waals surface area contributed by atoms with E-state index in [-0.39, 0.29) is 29.2 Å². The number of fused-ring (bicyclic) bond motifs is 1. The summed E-state index contributed by atoms with van der Waals surface area (Å²) in [5.41, 5.74) is 2.40. The number of halogens is 1. The lowest BCUT2D eigenvalue weighted by Crippen LogP contribution is -2.37. The number of aromatic nitrogens is 2. The highest BCUT2D eigenvalue weighted by molar-refractivity contribution is 7.99. The molecule has 0 saturated heterocycles. The molecule has 1 aromatic carbocycles. The first-order chi connectivity index (χ1) is 15.2. The van der Waals surface area contributed by atoms with Crippen LogP contribution in [0.15, 0.2) is 45.5 Å². The van der Waals surface area contributed by atoms with Crippen LogP contribution in [0.25, 0.3) is 0 Å². The van der Waals surface area contributed by atoms with Gasteiger partial charge < -0.3 is 19.9 Å². The van der Waals surface area contributed by atoms with Gasteiger partial charge in [0.15, 0.2) is 10.9 Å². The van der Waals surface area contributed by atoms with E-state index in [1.807, 2.05) is 38.4 Å². The number of thioether (sulfide) groups is 1. The molecule has 1 aliphatic carbocycles. The fourth-order valence-electron chi connectivity index (χ4n) is 4.50. The molecule has 0 radical (unpaired) electrons. The number of carbonyl (C=O) groups excluding carboxylic acids is 1. The quantitative estimate of drug-likeness (QED) is 0.466. The Morgan fingerprint density at radius 1 is 1.21 bits per heavy atom. The molecular weight excluding hydrogens is 460 g/mol.